The van der Waals surface area contributed by atoms with Gasteiger partial charge < -0.3 is 4.74 Å². The summed E-state index contributed by atoms with van der Waals surface area (Å²) in [6.07, 6.45) is 6.09. The molecule has 1 aliphatic heterocycles. The molecule has 1 atom stereocenters. The Kier molecular flexibility index (Phi) is 6.85. The lowest BCUT2D eigenvalue weighted by molar-refractivity contribution is 0.0111. The second-order valence-electron chi connectivity index (χ2n) is 5.66. The molecule has 3 N–H and O–H groups in total. The van der Waals surface area contributed by atoms with Gasteiger partial charge in [0.15, 0.2) is 0 Å². The first-order chi connectivity index (χ1) is 8.07. The Morgan fingerprint density at radius 1 is 1.41 bits per heavy atom. The first-order valence-corrected chi connectivity index (χ1v) is 7.82. The van der Waals surface area contributed by atoms with Crippen molar-refractivity contribution in [1.29, 1.82) is 0 Å². The first kappa shape index (κ1) is 15.3. The van der Waals surface area contributed by atoms with Crippen LogP contribution in [0, 0.1) is 5.92 Å². The predicted octanol–water partition coefficient (Wildman–Crippen LogP) is 2.56. The summed E-state index contributed by atoms with van der Waals surface area (Å²) in [6, 6.07) is 0.442. The minimum absolute atomic E-state index is 0.0302. The first-order valence-electron chi connectivity index (χ1n) is 6.66. The van der Waals surface area contributed by atoms with Crippen LogP contribution in [0.4, 0.5) is 0 Å². The molecule has 1 saturated heterocycles. The van der Waals surface area contributed by atoms with Crippen molar-refractivity contribution in [3.8, 4) is 0 Å². The summed E-state index contributed by atoms with van der Waals surface area (Å²) in [5.41, 5.74) is 2.95. The highest BCUT2D eigenvalue weighted by Crippen LogP contribution is 2.28. The second-order valence-corrected chi connectivity index (χ2v) is 6.88. The Morgan fingerprint density at radius 3 is 2.59 bits per heavy atom. The lowest BCUT2D eigenvalue weighted by Gasteiger charge is -2.29. The molecule has 1 unspecified atom stereocenters. The van der Waals surface area contributed by atoms with E-state index in [0.29, 0.717) is 6.04 Å². The van der Waals surface area contributed by atoms with Crippen LogP contribution >= 0.6 is 11.8 Å². The zero-order valence-corrected chi connectivity index (χ0v) is 12.3. The summed E-state index contributed by atoms with van der Waals surface area (Å²) in [6.45, 7) is 4.27. The van der Waals surface area contributed by atoms with Gasteiger partial charge in [-0.1, -0.05) is 0 Å². The highest BCUT2D eigenvalue weighted by atomic mass is 32.2. The van der Waals surface area contributed by atoms with Gasteiger partial charge in [-0.25, -0.2) is 0 Å². The number of rotatable bonds is 7. The van der Waals surface area contributed by atoms with Gasteiger partial charge in [-0.15, -0.1) is 0 Å². The molecule has 0 aliphatic carbocycles. The van der Waals surface area contributed by atoms with Crippen molar-refractivity contribution in [2.75, 3.05) is 18.6 Å². The zero-order valence-electron chi connectivity index (χ0n) is 11.5. The molecule has 0 saturated carbocycles. The average Bonchev–Trinajstić information content (AvgIpc) is 2.35. The molecule has 0 amide bonds. The van der Waals surface area contributed by atoms with E-state index in [9.17, 15) is 0 Å². The van der Waals surface area contributed by atoms with Crippen LogP contribution in [0.25, 0.3) is 0 Å². The summed E-state index contributed by atoms with van der Waals surface area (Å²) in [5.74, 6) is 9.18. The monoisotopic (exact) mass is 260 g/mol. The van der Waals surface area contributed by atoms with Crippen molar-refractivity contribution in [1.82, 2.24) is 5.43 Å². The van der Waals surface area contributed by atoms with E-state index in [-0.39, 0.29) is 5.60 Å². The van der Waals surface area contributed by atoms with E-state index < -0.39 is 0 Å². The maximum absolute atomic E-state index is 5.66. The van der Waals surface area contributed by atoms with Gasteiger partial charge >= 0.3 is 0 Å². The molecule has 0 aromatic rings. The topological polar surface area (TPSA) is 47.3 Å². The number of hydrazine groups is 1. The minimum atomic E-state index is -0.0302. The van der Waals surface area contributed by atoms with Gasteiger partial charge in [0.2, 0.25) is 0 Å². The van der Waals surface area contributed by atoms with Crippen molar-refractivity contribution in [2.24, 2.45) is 11.8 Å². The third-order valence-corrected chi connectivity index (χ3v) is 4.89. The van der Waals surface area contributed by atoms with Crippen LogP contribution in [0.2, 0.25) is 0 Å². The van der Waals surface area contributed by atoms with Gasteiger partial charge in [-0.3, -0.25) is 11.3 Å². The molecule has 1 rings (SSSR count). The molecule has 3 nitrogen and oxygen atoms in total. The fourth-order valence-corrected chi connectivity index (χ4v) is 3.48. The molecule has 1 aliphatic rings. The molecule has 1 heterocycles. The minimum Gasteiger partial charge on any atom is -0.379 e. The molecule has 0 aromatic carbocycles. The largest absolute Gasteiger partial charge is 0.379 e. The Bertz CT molecular complexity index is 206. The Hall–Kier alpha value is 0.230. The van der Waals surface area contributed by atoms with Crippen LogP contribution in [0.5, 0.6) is 0 Å². The SMILES string of the molecule is COC(C)(C)CCC(CC1CCSCC1)NN. The smallest absolute Gasteiger partial charge is 0.0623 e. The fraction of sp³-hybridized carbons (Fsp3) is 1.00. The van der Waals surface area contributed by atoms with Gasteiger partial charge in [-0.2, -0.15) is 11.8 Å². The van der Waals surface area contributed by atoms with Crippen LogP contribution in [0.15, 0.2) is 0 Å². The quantitative estimate of drug-likeness (QED) is 0.545. The van der Waals surface area contributed by atoms with Crippen LogP contribution < -0.4 is 11.3 Å². The van der Waals surface area contributed by atoms with Crippen LogP contribution in [0.1, 0.15) is 46.0 Å². The molecule has 0 bridgehead atoms. The molecule has 0 spiro atoms. The summed E-state index contributed by atoms with van der Waals surface area (Å²) in [5, 5.41) is 0. The van der Waals surface area contributed by atoms with Crippen molar-refractivity contribution >= 4 is 11.8 Å². The van der Waals surface area contributed by atoms with Crippen LogP contribution in [-0.4, -0.2) is 30.3 Å². The number of thioether (sulfide) groups is 1. The van der Waals surface area contributed by atoms with E-state index in [0.717, 1.165) is 18.8 Å². The maximum Gasteiger partial charge on any atom is 0.0623 e. The second kappa shape index (κ2) is 7.62. The van der Waals surface area contributed by atoms with Gasteiger partial charge in [0, 0.05) is 13.2 Å². The van der Waals surface area contributed by atoms with E-state index in [1.165, 1.54) is 30.8 Å². The number of ether oxygens (including phenoxy) is 1. The Balaban J connectivity index is 2.27. The molecular weight excluding hydrogens is 232 g/mol. The van der Waals surface area contributed by atoms with Crippen molar-refractivity contribution in [3.63, 3.8) is 0 Å². The molecule has 0 aromatic heterocycles. The normalized spacial score (nSPS) is 20.5. The van der Waals surface area contributed by atoms with Gasteiger partial charge in [0.25, 0.3) is 0 Å². The summed E-state index contributed by atoms with van der Waals surface area (Å²) >= 11 is 2.08. The molecule has 17 heavy (non-hydrogen) atoms. The number of methoxy groups -OCH3 is 1. The predicted molar refractivity (Wildman–Crippen MR) is 76.1 cm³/mol. The van der Waals surface area contributed by atoms with Crippen LogP contribution in [-0.2, 0) is 4.74 Å². The third-order valence-electron chi connectivity index (χ3n) is 3.84. The maximum atomic E-state index is 5.66. The third kappa shape index (κ3) is 6.09. The average molecular weight is 260 g/mol. The summed E-state index contributed by atoms with van der Waals surface area (Å²) in [4.78, 5) is 0. The summed E-state index contributed by atoms with van der Waals surface area (Å²) in [7, 11) is 1.78. The number of hydrogen-bond acceptors (Lipinski definition) is 4. The highest BCUT2D eigenvalue weighted by molar-refractivity contribution is 7.99. The molecule has 1 fully saturated rings. The number of nitrogens with two attached hydrogens (primary N) is 1. The lowest BCUT2D eigenvalue weighted by Crippen LogP contribution is -2.38. The highest BCUT2D eigenvalue weighted by Gasteiger charge is 2.22. The van der Waals surface area contributed by atoms with E-state index in [2.05, 4.69) is 31.0 Å². The fourth-order valence-electron chi connectivity index (χ4n) is 2.28. The Labute approximate surface area is 110 Å². The molecule has 0 radical (unpaired) electrons. The van der Waals surface area contributed by atoms with Gasteiger partial charge in [0.1, 0.15) is 0 Å². The lowest BCUT2D eigenvalue weighted by atomic mass is 9.90. The van der Waals surface area contributed by atoms with E-state index in [1.54, 1.807) is 7.11 Å². The molecule has 102 valence electrons. The molecular formula is C13H28N2OS. The van der Waals surface area contributed by atoms with Crippen molar-refractivity contribution in [2.45, 2.75) is 57.6 Å². The number of hydrogen-bond donors (Lipinski definition) is 2. The van der Waals surface area contributed by atoms with E-state index in [1.807, 2.05) is 0 Å². The zero-order chi connectivity index (χ0) is 12.7. The number of nitrogens with one attached hydrogen (secondary N) is 1. The molecule has 4 heteroatoms. The standard InChI is InChI=1S/C13H28N2OS/c1-13(2,16-3)7-4-12(15-14)10-11-5-8-17-9-6-11/h11-12,15H,4-10,14H2,1-3H3. The summed E-state index contributed by atoms with van der Waals surface area (Å²) < 4.78 is 5.45. The van der Waals surface area contributed by atoms with Gasteiger partial charge in [0.05, 0.1) is 5.60 Å². The van der Waals surface area contributed by atoms with Crippen LogP contribution in [0.3, 0.4) is 0 Å². The van der Waals surface area contributed by atoms with E-state index in [4.69, 9.17) is 10.6 Å². The van der Waals surface area contributed by atoms with E-state index >= 15 is 0 Å². The van der Waals surface area contributed by atoms with Crippen molar-refractivity contribution in [3.05, 3.63) is 0 Å². The van der Waals surface area contributed by atoms with Crippen molar-refractivity contribution < 1.29 is 4.74 Å². The van der Waals surface area contributed by atoms with Gasteiger partial charge in [-0.05, 0) is 63.4 Å². The Morgan fingerprint density at radius 2 is 2.06 bits per heavy atom.